The van der Waals surface area contributed by atoms with Gasteiger partial charge in [0.2, 0.25) is 5.91 Å². The minimum absolute atomic E-state index is 0.0511. The average molecular weight is 394 g/mol. The number of benzene rings is 2. The highest BCUT2D eigenvalue weighted by atomic mass is 35.5. The van der Waals surface area contributed by atoms with E-state index in [1.165, 1.54) is 12.1 Å². The molecule has 1 N–H and O–H groups in total. The molecule has 0 bridgehead atoms. The van der Waals surface area contributed by atoms with Crippen LogP contribution in [0.1, 0.15) is 11.1 Å². The number of fused-ring (bicyclic) bond motifs is 1. The zero-order chi connectivity index (χ0) is 18.3. The van der Waals surface area contributed by atoms with Gasteiger partial charge in [0, 0.05) is 31.7 Å². The Balaban J connectivity index is 1.75. The molecule has 2 aromatic carbocycles. The molecule has 1 amide bonds. The van der Waals surface area contributed by atoms with Crippen molar-refractivity contribution in [2.24, 2.45) is 0 Å². The Bertz CT molecular complexity index is 868. The Kier molecular flexibility index (Phi) is 4.78. The maximum atomic E-state index is 13.5. The highest BCUT2D eigenvalue weighted by Crippen LogP contribution is 2.46. The van der Waals surface area contributed by atoms with Crippen LogP contribution in [0, 0.1) is 5.82 Å². The van der Waals surface area contributed by atoms with Gasteiger partial charge in [-0.3, -0.25) is 4.79 Å². The van der Waals surface area contributed by atoms with Gasteiger partial charge in [0.25, 0.3) is 0 Å². The second-order valence-corrected chi connectivity index (χ2v) is 7.35. The lowest BCUT2D eigenvalue weighted by atomic mass is 10.1. The number of halogens is 3. The summed E-state index contributed by atoms with van der Waals surface area (Å²) in [6.45, 7) is 3.67. The van der Waals surface area contributed by atoms with E-state index in [-0.39, 0.29) is 24.7 Å². The topological polar surface area (TPSA) is 35.6 Å². The first-order valence-corrected chi connectivity index (χ1v) is 9.31. The molecule has 0 unspecified atom stereocenters. The number of nitrogens with zero attached hydrogens (tertiary/aromatic N) is 2. The Labute approximate surface area is 161 Å². The number of hydrogen-bond donors (Lipinski definition) is 1. The van der Waals surface area contributed by atoms with E-state index in [2.05, 4.69) is 10.2 Å². The van der Waals surface area contributed by atoms with Crippen LogP contribution in [0.15, 0.2) is 30.3 Å². The van der Waals surface area contributed by atoms with Crippen molar-refractivity contribution in [1.29, 1.82) is 0 Å². The SMILES string of the molecule is O=C1Cc2c(N3CCNCC3)c(Cl)cc(Cl)c2N1Cc1cccc(F)c1. The number of amides is 1. The van der Waals surface area contributed by atoms with E-state index < -0.39 is 0 Å². The van der Waals surface area contributed by atoms with E-state index in [1.807, 2.05) is 0 Å². The Morgan fingerprint density at radius 3 is 2.54 bits per heavy atom. The van der Waals surface area contributed by atoms with Gasteiger partial charge in [-0.25, -0.2) is 4.39 Å². The Morgan fingerprint density at radius 2 is 1.81 bits per heavy atom. The van der Waals surface area contributed by atoms with Crippen molar-refractivity contribution in [3.05, 3.63) is 57.3 Å². The standard InChI is InChI=1S/C19H18Cl2FN3O/c20-15-10-16(21)19-14(18(15)24-6-4-23-5-7-24)9-17(26)25(19)11-12-2-1-3-13(22)8-12/h1-3,8,10,23H,4-7,9,11H2. The summed E-state index contributed by atoms with van der Waals surface area (Å²) in [7, 11) is 0. The monoisotopic (exact) mass is 393 g/mol. The molecule has 2 heterocycles. The molecule has 0 spiro atoms. The second-order valence-electron chi connectivity index (χ2n) is 6.54. The third kappa shape index (κ3) is 3.15. The fourth-order valence-corrected chi connectivity index (χ4v) is 4.42. The lowest BCUT2D eigenvalue weighted by Gasteiger charge is -2.32. The summed E-state index contributed by atoms with van der Waals surface area (Å²) in [4.78, 5) is 16.6. The number of hydrogen-bond acceptors (Lipinski definition) is 3. The van der Waals surface area contributed by atoms with Gasteiger partial charge < -0.3 is 15.1 Å². The molecule has 4 rings (SSSR count). The summed E-state index contributed by atoms with van der Waals surface area (Å²) in [6.07, 6.45) is 0.254. The van der Waals surface area contributed by atoms with Crippen LogP contribution < -0.4 is 15.1 Å². The van der Waals surface area contributed by atoms with Crippen molar-refractivity contribution < 1.29 is 9.18 Å². The molecule has 2 aliphatic rings. The van der Waals surface area contributed by atoms with Gasteiger partial charge in [-0.15, -0.1) is 0 Å². The summed E-state index contributed by atoms with van der Waals surface area (Å²) < 4.78 is 13.5. The Hall–Kier alpha value is -1.82. The van der Waals surface area contributed by atoms with Crippen LogP contribution in [0.25, 0.3) is 0 Å². The lowest BCUT2D eigenvalue weighted by molar-refractivity contribution is -0.117. The highest BCUT2D eigenvalue weighted by molar-refractivity contribution is 6.39. The van der Waals surface area contributed by atoms with Gasteiger partial charge in [-0.05, 0) is 23.8 Å². The number of nitrogens with one attached hydrogen (secondary N) is 1. The van der Waals surface area contributed by atoms with E-state index in [0.29, 0.717) is 15.7 Å². The van der Waals surface area contributed by atoms with E-state index in [0.717, 1.165) is 43.0 Å². The van der Waals surface area contributed by atoms with Gasteiger partial charge in [0.15, 0.2) is 0 Å². The molecule has 0 aromatic heterocycles. The third-order valence-electron chi connectivity index (χ3n) is 4.84. The van der Waals surface area contributed by atoms with Crippen molar-refractivity contribution in [2.75, 3.05) is 36.0 Å². The van der Waals surface area contributed by atoms with Crippen molar-refractivity contribution in [3.63, 3.8) is 0 Å². The average Bonchev–Trinajstić information content (AvgIpc) is 2.92. The first-order valence-electron chi connectivity index (χ1n) is 8.56. The molecule has 2 aromatic rings. The van der Waals surface area contributed by atoms with Crippen LogP contribution >= 0.6 is 23.2 Å². The first kappa shape index (κ1) is 17.6. The van der Waals surface area contributed by atoms with Crippen LogP contribution in [0.4, 0.5) is 15.8 Å². The summed E-state index contributed by atoms with van der Waals surface area (Å²) >= 11 is 13.0. The quantitative estimate of drug-likeness (QED) is 0.864. The van der Waals surface area contributed by atoms with E-state index in [4.69, 9.17) is 23.2 Å². The lowest BCUT2D eigenvalue weighted by Crippen LogP contribution is -2.44. The van der Waals surface area contributed by atoms with Crippen LogP contribution in [0.2, 0.25) is 10.0 Å². The smallest absolute Gasteiger partial charge is 0.231 e. The fourth-order valence-electron chi connectivity index (χ4n) is 3.69. The molecule has 7 heteroatoms. The summed E-state index contributed by atoms with van der Waals surface area (Å²) in [5.41, 5.74) is 3.17. The highest BCUT2D eigenvalue weighted by Gasteiger charge is 2.34. The number of piperazine rings is 1. The van der Waals surface area contributed by atoms with E-state index >= 15 is 0 Å². The number of rotatable bonds is 3. The predicted molar refractivity (Wildman–Crippen MR) is 103 cm³/mol. The fraction of sp³-hybridized carbons (Fsp3) is 0.316. The first-order chi connectivity index (χ1) is 12.5. The molecule has 26 heavy (non-hydrogen) atoms. The van der Waals surface area contributed by atoms with Crippen LogP contribution in [0.3, 0.4) is 0 Å². The van der Waals surface area contributed by atoms with Crippen molar-refractivity contribution >= 4 is 40.5 Å². The molecule has 4 nitrogen and oxygen atoms in total. The Morgan fingerprint density at radius 1 is 1.08 bits per heavy atom. The zero-order valence-electron chi connectivity index (χ0n) is 14.1. The van der Waals surface area contributed by atoms with Crippen molar-refractivity contribution in [3.8, 4) is 0 Å². The van der Waals surface area contributed by atoms with Crippen molar-refractivity contribution in [2.45, 2.75) is 13.0 Å². The van der Waals surface area contributed by atoms with Gasteiger partial charge in [0.05, 0.1) is 34.4 Å². The summed E-state index contributed by atoms with van der Waals surface area (Å²) in [6, 6.07) is 7.97. The maximum absolute atomic E-state index is 13.5. The summed E-state index contributed by atoms with van der Waals surface area (Å²) in [5.74, 6) is -0.372. The van der Waals surface area contributed by atoms with Gasteiger partial charge in [-0.2, -0.15) is 0 Å². The molecule has 1 fully saturated rings. The van der Waals surface area contributed by atoms with Gasteiger partial charge in [0.1, 0.15) is 5.82 Å². The number of carbonyl (C=O) groups excluding carboxylic acids is 1. The van der Waals surface area contributed by atoms with Crippen LogP contribution in [0.5, 0.6) is 0 Å². The van der Waals surface area contributed by atoms with Crippen molar-refractivity contribution in [1.82, 2.24) is 5.32 Å². The van der Waals surface area contributed by atoms with E-state index in [9.17, 15) is 9.18 Å². The molecule has 0 saturated carbocycles. The normalized spacial score (nSPS) is 17.0. The minimum atomic E-state index is -0.321. The minimum Gasteiger partial charge on any atom is -0.367 e. The third-order valence-corrected chi connectivity index (χ3v) is 5.42. The predicted octanol–water partition coefficient (Wildman–Crippen LogP) is 3.63. The maximum Gasteiger partial charge on any atom is 0.231 e. The van der Waals surface area contributed by atoms with Crippen LogP contribution in [-0.4, -0.2) is 32.1 Å². The molecule has 2 aliphatic heterocycles. The molecule has 0 atom stereocenters. The summed E-state index contributed by atoms with van der Waals surface area (Å²) in [5, 5.41) is 4.33. The van der Waals surface area contributed by atoms with Gasteiger partial charge >= 0.3 is 0 Å². The molecular formula is C19H18Cl2FN3O. The van der Waals surface area contributed by atoms with Crippen LogP contribution in [-0.2, 0) is 17.8 Å². The van der Waals surface area contributed by atoms with E-state index in [1.54, 1.807) is 23.1 Å². The second kappa shape index (κ2) is 7.06. The molecular weight excluding hydrogens is 376 g/mol. The largest absolute Gasteiger partial charge is 0.367 e. The zero-order valence-corrected chi connectivity index (χ0v) is 15.6. The molecule has 0 radical (unpaired) electrons. The van der Waals surface area contributed by atoms with Gasteiger partial charge in [-0.1, -0.05) is 35.3 Å². The molecule has 1 saturated heterocycles. The molecule has 0 aliphatic carbocycles. The molecule has 136 valence electrons. The number of carbonyl (C=O) groups is 1. The number of anilines is 2.